The molecule has 0 unspecified atom stereocenters. The lowest BCUT2D eigenvalue weighted by Gasteiger charge is -2.01. The van der Waals surface area contributed by atoms with Crippen LogP contribution in [0.25, 0.3) is 0 Å². The van der Waals surface area contributed by atoms with Crippen molar-refractivity contribution in [2.75, 3.05) is 6.61 Å². The van der Waals surface area contributed by atoms with Gasteiger partial charge in [-0.1, -0.05) is 49.0 Å². The van der Waals surface area contributed by atoms with E-state index >= 15 is 0 Å². The highest BCUT2D eigenvalue weighted by atomic mass is 79.9. The van der Waals surface area contributed by atoms with Crippen molar-refractivity contribution in [2.24, 2.45) is 0 Å². The molecular weight excluding hydrogens is 228 g/mol. The number of rotatable bonds is 8. The molecule has 0 spiro atoms. The van der Waals surface area contributed by atoms with Crippen molar-refractivity contribution in [3.05, 3.63) is 10.7 Å². The zero-order valence-electron chi connectivity index (χ0n) is 8.81. The average molecular weight is 249 g/mol. The molecule has 0 N–H and O–H groups in total. The van der Waals surface area contributed by atoms with E-state index in [1.165, 1.54) is 30.2 Å². The van der Waals surface area contributed by atoms with Gasteiger partial charge in [0.25, 0.3) is 0 Å². The van der Waals surface area contributed by atoms with Crippen molar-refractivity contribution >= 4 is 15.9 Å². The summed E-state index contributed by atoms with van der Waals surface area (Å²) in [5.74, 6) is 0. The SMILES string of the molecule is CCCCC/C(Br)=C/OCCCC. The maximum Gasteiger partial charge on any atom is 0.0930 e. The molecular formula is C11H21BrO. The summed E-state index contributed by atoms with van der Waals surface area (Å²) < 4.78 is 6.55. The predicted octanol–water partition coefficient (Wildman–Crippen LogP) is 4.62. The number of ether oxygens (including phenoxy) is 1. The summed E-state index contributed by atoms with van der Waals surface area (Å²) >= 11 is 3.50. The summed E-state index contributed by atoms with van der Waals surface area (Å²) in [5, 5.41) is 0. The molecule has 0 amide bonds. The van der Waals surface area contributed by atoms with Crippen LogP contribution < -0.4 is 0 Å². The van der Waals surface area contributed by atoms with Crippen LogP contribution in [-0.4, -0.2) is 6.61 Å². The van der Waals surface area contributed by atoms with Crippen LogP contribution in [0.3, 0.4) is 0 Å². The minimum atomic E-state index is 0.847. The van der Waals surface area contributed by atoms with Gasteiger partial charge in [0.05, 0.1) is 12.9 Å². The molecule has 78 valence electrons. The molecule has 0 aliphatic carbocycles. The number of unbranched alkanes of at least 4 members (excludes halogenated alkanes) is 3. The highest BCUT2D eigenvalue weighted by Gasteiger charge is 1.92. The molecule has 0 aromatic rings. The Balaban J connectivity index is 3.29. The molecule has 0 aromatic heterocycles. The first-order valence-corrected chi connectivity index (χ1v) is 6.06. The van der Waals surface area contributed by atoms with Crippen molar-refractivity contribution in [2.45, 2.75) is 52.4 Å². The fourth-order valence-electron chi connectivity index (χ4n) is 0.980. The lowest BCUT2D eigenvalue weighted by Crippen LogP contribution is -1.86. The van der Waals surface area contributed by atoms with Gasteiger partial charge >= 0.3 is 0 Å². The van der Waals surface area contributed by atoms with Gasteiger partial charge in [-0.2, -0.15) is 0 Å². The molecule has 0 aliphatic rings. The summed E-state index contributed by atoms with van der Waals surface area (Å²) in [6, 6.07) is 0. The van der Waals surface area contributed by atoms with Gasteiger partial charge < -0.3 is 4.74 Å². The Labute approximate surface area is 90.7 Å². The van der Waals surface area contributed by atoms with Gasteiger partial charge in [-0.05, 0) is 19.3 Å². The first-order chi connectivity index (χ1) is 6.31. The predicted molar refractivity (Wildman–Crippen MR) is 62.0 cm³/mol. The third-order valence-corrected chi connectivity index (χ3v) is 2.43. The van der Waals surface area contributed by atoms with E-state index in [0.29, 0.717) is 0 Å². The number of hydrogen-bond acceptors (Lipinski definition) is 1. The Morgan fingerprint density at radius 3 is 2.46 bits per heavy atom. The summed E-state index contributed by atoms with van der Waals surface area (Å²) in [6.45, 7) is 5.23. The van der Waals surface area contributed by atoms with Crippen molar-refractivity contribution in [3.8, 4) is 0 Å². The van der Waals surface area contributed by atoms with Gasteiger partial charge in [0.15, 0.2) is 0 Å². The van der Waals surface area contributed by atoms with Crippen LogP contribution in [0, 0.1) is 0 Å². The Bertz CT molecular complexity index is 132. The largest absolute Gasteiger partial charge is 0.500 e. The molecule has 13 heavy (non-hydrogen) atoms. The first kappa shape index (κ1) is 13.0. The fraction of sp³-hybridized carbons (Fsp3) is 0.818. The molecule has 0 radical (unpaired) electrons. The molecule has 0 atom stereocenters. The van der Waals surface area contributed by atoms with Gasteiger partial charge in [0, 0.05) is 4.48 Å². The molecule has 0 rings (SSSR count). The van der Waals surface area contributed by atoms with Crippen LogP contribution in [0.2, 0.25) is 0 Å². The Morgan fingerprint density at radius 2 is 1.85 bits per heavy atom. The summed E-state index contributed by atoms with van der Waals surface area (Å²) in [6.07, 6.45) is 9.14. The van der Waals surface area contributed by atoms with Gasteiger partial charge in [0.2, 0.25) is 0 Å². The van der Waals surface area contributed by atoms with E-state index in [1.807, 2.05) is 6.26 Å². The molecule has 0 saturated heterocycles. The highest BCUT2D eigenvalue weighted by Crippen LogP contribution is 2.15. The zero-order chi connectivity index (χ0) is 9.94. The van der Waals surface area contributed by atoms with Gasteiger partial charge in [0.1, 0.15) is 0 Å². The molecule has 1 nitrogen and oxygen atoms in total. The van der Waals surface area contributed by atoms with Crippen LogP contribution in [-0.2, 0) is 4.74 Å². The summed E-state index contributed by atoms with van der Waals surface area (Å²) in [7, 11) is 0. The lowest BCUT2D eigenvalue weighted by atomic mass is 10.2. The molecule has 0 aliphatic heterocycles. The second-order valence-electron chi connectivity index (χ2n) is 3.25. The van der Waals surface area contributed by atoms with E-state index in [1.54, 1.807) is 0 Å². The van der Waals surface area contributed by atoms with E-state index in [2.05, 4.69) is 29.8 Å². The third kappa shape index (κ3) is 9.94. The molecule has 0 aromatic carbocycles. The lowest BCUT2D eigenvalue weighted by molar-refractivity contribution is 0.242. The van der Waals surface area contributed by atoms with Crippen LogP contribution in [0.4, 0.5) is 0 Å². The van der Waals surface area contributed by atoms with E-state index in [-0.39, 0.29) is 0 Å². The van der Waals surface area contributed by atoms with Crippen LogP contribution in [0.5, 0.6) is 0 Å². The minimum absolute atomic E-state index is 0.847. The second-order valence-corrected chi connectivity index (χ2v) is 4.26. The Kier molecular flexibility index (Phi) is 10.1. The van der Waals surface area contributed by atoms with Crippen LogP contribution >= 0.6 is 15.9 Å². The maximum atomic E-state index is 5.36. The number of hydrogen-bond donors (Lipinski definition) is 0. The van der Waals surface area contributed by atoms with Crippen molar-refractivity contribution in [1.29, 1.82) is 0 Å². The van der Waals surface area contributed by atoms with Crippen LogP contribution in [0.15, 0.2) is 10.7 Å². The standard InChI is InChI=1S/C11H21BrO/c1-3-5-7-8-11(12)10-13-9-6-4-2/h10H,3-9H2,1-2H3/b11-10-. The first-order valence-electron chi connectivity index (χ1n) is 5.27. The minimum Gasteiger partial charge on any atom is -0.500 e. The molecule has 0 fully saturated rings. The highest BCUT2D eigenvalue weighted by molar-refractivity contribution is 9.11. The van der Waals surface area contributed by atoms with E-state index in [4.69, 9.17) is 4.74 Å². The van der Waals surface area contributed by atoms with Crippen molar-refractivity contribution < 1.29 is 4.74 Å². The average Bonchev–Trinajstić information content (AvgIpc) is 2.13. The number of allylic oxidation sites excluding steroid dienone is 1. The summed E-state index contributed by atoms with van der Waals surface area (Å²) in [4.78, 5) is 0. The van der Waals surface area contributed by atoms with Crippen molar-refractivity contribution in [1.82, 2.24) is 0 Å². The maximum absolute atomic E-state index is 5.36. The van der Waals surface area contributed by atoms with Gasteiger partial charge in [-0.3, -0.25) is 0 Å². The number of halogens is 1. The van der Waals surface area contributed by atoms with Gasteiger partial charge in [-0.25, -0.2) is 0 Å². The Hall–Kier alpha value is 0.0200. The van der Waals surface area contributed by atoms with E-state index in [9.17, 15) is 0 Å². The van der Waals surface area contributed by atoms with E-state index < -0.39 is 0 Å². The second kappa shape index (κ2) is 10.1. The monoisotopic (exact) mass is 248 g/mol. The quantitative estimate of drug-likeness (QED) is 0.450. The zero-order valence-corrected chi connectivity index (χ0v) is 10.4. The fourth-order valence-corrected chi connectivity index (χ4v) is 1.39. The topological polar surface area (TPSA) is 9.23 Å². The van der Waals surface area contributed by atoms with Crippen molar-refractivity contribution in [3.63, 3.8) is 0 Å². The summed E-state index contributed by atoms with van der Waals surface area (Å²) in [5.41, 5.74) is 0. The smallest absolute Gasteiger partial charge is 0.0930 e. The molecule has 0 saturated carbocycles. The normalized spacial score (nSPS) is 11.8. The third-order valence-electron chi connectivity index (χ3n) is 1.85. The van der Waals surface area contributed by atoms with Crippen LogP contribution in [0.1, 0.15) is 52.4 Å². The Morgan fingerprint density at radius 1 is 1.15 bits per heavy atom. The van der Waals surface area contributed by atoms with E-state index in [0.717, 1.165) is 19.4 Å². The molecule has 2 heteroatoms. The molecule has 0 bridgehead atoms. The van der Waals surface area contributed by atoms with Gasteiger partial charge in [-0.15, -0.1) is 0 Å². The molecule has 0 heterocycles.